The van der Waals surface area contributed by atoms with E-state index in [1.54, 1.807) is 11.9 Å². The molecule has 1 aromatic rings. The smallest absolute Gasteiger partial charge is 0.255 e. The van der Waals surface area contributed by atoms with Gasteiger partial charge in [0.2, 0.25) is 10.0 Å². The Morgan fingerprint density at radius 2 is 2.00 bits per heavy atom. The number of sulfonamides is 1. The van der Waals surface area contributed by atoms with E-state index in [0.29, 0.717) is 32.8 Å². The van der Waals surface area contributed by atoms with Gasteiger partial charge in [0.15, 0.2) is 0 Å². The number of benzene rings is 1. The molecule has 0 bridgehead atoms. The molecule has 1 saturated heterocycles. The van der Waals surface area contributed by atoms with E-state index in [4.69, 9.17) is 16.3 Å². The van der Waals surface area contributed by atoms with Gasteiger partial charge in [-0.05, 0) is 24.6 Å². The zero-order valence-corrected chi connectivity index (χ0v) is 15.6. The lowest BCUT2D eigenvalue weighted by Crippen LogP contribution is -2.40. The highest BCUT2D eigenvalue weighted by molar-refractivity contribution is 7.89. The molecule has 0 atom stereocenters. The van der Waals surface area contributed by atoms with Crippen molar-refractivity contribution < 1.29 is 17.9 Å². The molecule has 0 N–H and O–H groups in total. The molecule has 0 aliphatic carbocycles. The Hall–Kier alpha value is -1.15. The fraction of sp³-hybridized carbons (Fsp3) is 0.562. The molecule has 0 spiro atoms. The maximum absolute atomic E-state index is 12.7. The van der Waals surface area contributed by atoms with Crippen LogP contribution in [-0.4, -0.2) is 63.4 Å². The SMILES string of the molecule is CCCCN(C)C(=O)c1cc(S(=O)(=O)N2CCOCC2)ccc1Cl. The van der Waals surface area contributed by atoms with Gasteiger partial charge in [0.25, 0.3) is 5.91 Å². The Balaban J connectivity index is 2.29. The summed E-state index contributed by atoms with van der Waals surface area (Å²) in [6, 6.07) is 4.28. The van der Waals surface area contributed by atoms with Crippen LogP contribution in [0, 0.1) is 0 Å². The lowest BCUT2D eigenvalue weighted by atomic mass is 10.2. The number of halogens is 1. The minimum atomic E-state index is -3.65. The van der Waals surface area contributed by atoms with Gasteiger partial charge in [0, 0.05) is 26.7 Å². The van der Waals surface area contributed by atoms with E-state index in [0.717, 1.165) is 12.8 Å². The van der Waals surface area contributed by atoms with Crippen molar-refractivity contribution in [1.29, 1.82) is 0 Å². The largest absolute Gasteiger partial charge is 0.379 e. The van der Waals surface area contributed by atoms with Crippen LogP contribution >= 0.6 is 11.6 Å². The van der Waals surface area contributed by atoms with Crippen molar-refractivity contribution in [3.8, 4) is 0 Å². The molecule has 1 aliphatic heterocycles. The summed E-state index contributed by atoms with van der Waals surface area (Å²) in [6.07, 6.45) is 1.85. The Bertz CT molecular complexity index is 687. The van der Waals surface area contributed by atoms with Crippen molar-refractivity contribution in [2.45, 2.75) is 24.7 Å². The van der Waals surface area contributed by atoms with Gasteiger partial charge in [-0.2, -0.15) is 4.31 Å². The number of ether oxygens (including phenoxy) is 1. The molecule has 1 amide bonds. The summed E-state index contributed by atoms with van der Waals surface area (Å²) in [6.45, 7) is 4.01. The molecule has 0 aromatic heterocycles. The number of rotatable bonds is 6. The Labute approximate surface area is 148 Å². The third kappa shape index (κ3) is 4.27. The summed E-state index contributed by atoms with van der Waals surface area (Å²) < 4.78 is 32.0. The van der Waals surface area contributed by atoms with Crippen molar-refractivity contribution in [1.82, 2.24) is 9.21 Å². The summed E-state index contributed by atoms with van der Waals surface area (Å²) >= 11 is 6.13. The molecule has 1 aliphatic rings. The minimum Gasteiger partial charge on any atom is -0.379 e. The average molecular weight is 375 g/mol. The second kappa shape index (κ2) is 8.29. The molecule has 134 valence electrons. The molecule has 24 heavy (non-hydrogen) atoms. The molecule has 1 aromatic carbocycles. The number of morpholine rings is 1. The number of carbonyl (C=O) groups excluding carboxylic acids is 1. The van der Waals surface area contributed by atoms with Gasteiger partial charge < -0.3 is 9.64 Å². The standard InChI is InChI=1S/C16H23ClN2O4S/c1-3-4-7-18(2)16(20)14-12-13(5-6-15(14)17)24(21,22)19-8-10-23-11-9-19/h5-6,12H,3-4,7-11H2,1-2H3. The summed E-state index contributed by atoms with van der Waals surface area (Å²) in [5.74, 6) is -0.271. The monoisotopic (exact) mass is 374 g/mol. The Morgan fingerprint density at radius 1 is 1.33 bits per heavy atom. The van der Waals surface area contributed by atoms with Crippen LogP contribution in [0.1, 0.15) is 30.1 Å². The highest BCUT2D eigenvalue weighted by atomic mass is 35.5. The third-order valence-corrected chi connectivity index (χ3v) is 6.19. The molecule has 1 fully saturated rings. The van der Waals surface area contributed by atoms with Crippen LogP contribution in [0.5, 0.6) is 0 Å². The molecule has 8 heteroatoms. The van der Waals surface area contributed by atoms with E-state index in [2.05, 4.69) is 0 Å². The van der Waals surface area contributed by atoms with Crippen LogP contribution in [0.4, 0.5) is 0 Å². The lowest BCUT2D eigenvalue weighted by molar-refractivity contribution is 0.0730. The van der Waals surface area contributed by atoms with Crippen molar-refractivity contribution >= 4 is 27.5 Å². The van der Waals surface area contributed by atoms with Crippen LogP contribution < -0.4 is 0 Å². The predicted octanol–water partition coefficient (Wildman–Crippen LogP) is 2.23. The number of unbranched alkanes of at least 4 members (excludes halogenated alkanes) is 1. The van der Waals surface area contributed by atoms with Gasteiger partial charge in [-0.15, -0.1) is 0 Å². The maximum atomic E-state index is 12.7. The summed E-state index contributed by atoms with van der Waals surface area (Å²) in [7, 11) is -1.96. The molecular formula is C16H23ClN2O4S. The van der Waals surface area contributed by atoms with E-state index >= 15 is 0 Å². The minimum absolute atomic E-state index is 0.0843. The van der Waals surface area contributed by atoms with Crippen molar-refractivity contribution in [2.75, 3.05) is 39.9 Å². The average Bonchev–Trinajstić information content (AvgIpc) is 2.60. The number of hydrogen-bond acceptors (Lipinski definition) is 4. The topological polar surface area (TPSA) is 66.9 Å². The Morgan fingerprint density at radius 3 is 2.62 bits per heavy atom. The molecule has 0 unspecified atom stereocenters. The van der Waals surface area contributed by atoms with Crippen molar-refractivity contribution in [2.24, 2.45) is 0 Å². The first-order chi connectivity index (χ1) is 11.4. The number of carbonyl (C=O) groups is 1. The van der Waals surface area contributed by atoms with Crippen LogP contribution in [0.2, 0.25) is 5.02 Å². The fourth-order valence-corrected chi connectivity index (χ4v) is 4.10. The van der Waals surface area contributed by atoms with Crippen LogP contribution in [0.25, 0.3) is 0 Å². The van der Waals surface area contributed by atoms with Crippen LogP contribution in [0.3, 0.4) is 0 Å². The fourth-order valence-electron chi connectivity index (χ4n) is 2.47. The highest BCUT2D eigenvalue weighted by Gasteiger charge is 2.28. The maximum Gasteiger partial charge on any atom is 0.255 e. The predicted molar refractivity (Wildman–Crippen MR) is 92.9 cm³/mol. The van der Waals surface area contributed by atoms with Gasteiger partial charge in [-0.25, -0.2) is 8.42 Å². The first kappa shape index (κ1) is 19.2. The van der Waals surface area contributed by atoms with Gasteiger partial charge in [0.1, 0.15) is 0 Å². The summed E-state index contributed by atoms with van der Waals surface area (Å²) in [5.41, 5.74) is 0.213. The van der Waals surface area contributed by atoms with Gasteiger partial charge in [-0.3, -0.25) is 4.79 Å². The number of nitrogens with zero attached hydrogens (tertiary/aromatic N) is 2. The summed E-state index contributed by atoms with van der Waals surface area (Å²) in [4.78, 5) is 14.2. The first-order valence-electron chi connectivity index (χ1n) is 8.01. The molecule has 2 rings (SSSR count). The molecule has 6 nitrogen and oxygen atoms in total. The normalized spacial score (nSPS) is 16.1. The van der Waals surface area contributed by atoms with Crippen molar-refractivity contribution in [3.63, 3.8) is 0 Å². The summed E-state index contributed by atoms with van der Waals surface area (Å²) in [5, 5.41) is 0.254. The molecular weight excluding hydrogens is 352 g/mol. The highest BCUT2D eigenvalue weighted by Crippen LogP contribution is 2.24. The van der Waals surface area contributed by atoms with Gasteiger partial charge in [0.05, 0.1) is 28.7 Å². The first-order valence-corrected chi connectivity index (χ1v) is 9.82. The van der Waals surface area contributed by atoms with Gasteiger partial charge >= 0.3 is 0 Å². The molecule has 0 saturated carbocycles. The molecule has 1 heterocycles. The zero-order valence-electron chi connectivity index (χ0n) is 14.0. The second-order valence-electron chi connectivity index (χ2n) is 5.74. The lowest BCUT2D eigenvalue weighted by Gasteiger charge is -2.26. The third-order valence-electron chi connectivity index (χ3n) is 3.97. The van der Waals surface area contributed by atoms with E-state index in [1.807, 2.05) is 6.92 Å². The van der Waals surface area contributed by atoms with Crippen LogP contribution in [-0.2, 0) is 14.8 Å². The van der Waals surface area contributed by atoms with Gasteiger partial charge in [-0.1, -0.05) is 24.9 Å². The quantitative estimate of drug-likeness (QED) is 0.765. The van der Waals surface area contributed by atoms with E-state index in [-0.39, 0.29) is 21.4 Å². The van der Waals surface area contributed by atoms with Crippen molar-refractivity contribution in [3.05, 3.63) is 28.8 Å². The Kier molecular flexibility index (Phi) is 6.62. The molecule has 0 radical (unpaired) electrons. The zero-order chi connectivity index (χ0) is 17.7. The second-order valence-corrected chi connectivity index (χ2v) is 8.08. The van der Waals surface area contributed by atoms with E-state index in [9.17, 15) is 13.2 Å². The van der Waals surface area contributed by atoms with E-state index < -0.39 is 10.0 Å². The van der Waals surface area contributed by atoms with Crippen LogP contribution in [0.15, 0.2) is 23.1 Å². The number of amides is 1. The van der Waals surface area contributed by atoms with E-state index in [1.165, 1.54) is 22.5 Å². The number of hydrogen-bond donors (Lipinski definition) is 0.